The summed E-state index contributed by atoms with van der Waals surface area (Å²) in [6, 6.07) is 9.63. The normalized spacial score (nSPS) is 10.8. The van der Waals surface area contributed by atoms with Crippen molar-refractivity contribution in [3.63, 3.8) is 0 Å². The molecule has 0 bridgehead atoms. The molecule has 2 heterocycles. The molecule has 152 valence electrons. The minimum atomic E-state index is 0.0496. The molecule has 7 heteroatoms. The van der Waals surface area contributed by atoms with Crippen LogP contribution in [0.4, 0.5) is 0 Å². The Morgan fingerprint density at radius 1 is 1.17 bits per heavy atom. The maximum atomic E-state index is 12.5. The summed E-state index contributed by atoms with van der Waals surface area (Å²) in [5.74, 6) is 1.91. The fourth-order valence-corrected chi connectivity index (χ4v) is 3.18. The van der Waals surface area contributed by atoms with Gasteiger partial charge in [-0.2, -0.15) is 0 Å². The zero-order valence-corrected chi connectivity index (χ0v) is 17.3. The Hall–Kier alpha value is -3.22. The Kier molecular flexibility index (Phi) is 6.59. The third-order valence-electron chi connectivity index (χ3n) is 4.83. The zero-order valence-electron chi connectivity index (χ0n) is 17.3. The number of benzene rings is 1. The Balaban J connectivity index is 1.52. The molecule has 3 rings (SSSR count). The van der Waals surface area contributed by atoms with E-state index in [0.29, 0.717) is 37.6 Å². The SMILES string of the molecule is COc1c(C)cnc(CN(C)C(=O)CCCc2nnc(-c3ccccc3)o2)c1C. The van der Waals surface area contributed by atoms with E-state index in [4.69, 9.17) is 9.15 Å². The van der Waals surface area contributed by atoms with Gasteiger partial charge in [-0.05, 0) is 32.4 Å². The Morgan fingerprint density at radius 2 is 1.93 bits per heavy atom. The third kappa shape index (κ3) is 4.99. The number of methoxy groups -OCH3 is 1. The first-order chi connectivity index (χ1) is 14.0. The number of aromatic nitrogens is 3. The first kappa shape index (κ1) is 20.5. The number of carbonyl (C=O) groups excluding carboxylic acids is 1. The van der Waals surface area contributed by atoms with E-state index < -0.39 is 0 Å². The van der Waals surface area contributed by atoms with Gasteiger partial charge in [0.2, 0.25) is 17.7 Å². The summed E-state index contributed by atoms with van der Waals surface area (Å²) in [5, 5.41) is 8.15. The predicted octanol–water partition coefficient (Wildman–Crippen LogP) is 3.74. The van der Waals surface area contributed by atoms with Crippen LogP contribution >= 0.6 is 0 Å². The molecule has 7 nitrogen and oxygen atoms in total. The van der Waals surface area contributed by atoms with Crippen molar-refractivity contribution in [2.45, 2.75) is 39.7 Å². The molecule has 0 fully saturated rings. The highest BCUT2D eigenvalue weighted by atomic mass is 16.5. The second kappa shape index (κ2) is 9.32. The van der Waals surface area contributed by atoms with Crippen LogP contribution in [-0.4, -0.2) is 40.1 Å². The molecule has 29 heavy (non-hydrogen) atoms. The van der Waals surface area contributed by atoms with Crippen LogP contribution < -0.4 is 4.74 Å². The van der Waals surface area contributed by atoms with E-state index in [1.54, 1.807) is 25.3 Å². The largest absolute Gasteiger partial charge is 0.496 e. The summed E-state index contributed by atoms with van der Waals surface area (Å²) in [6.45, 7) is 4.37. The van der Waals surface area contributed by atoms with Crippen molar-refractivity contribution in [1.29, 1.82) is 0 Å². The molecule has 0 saturated carbocycles. The quantitative estimate of drug-likeness (QED) is 0.579. The van der Waals surface area contributed by atoms with Gasteiger partial charge in [0, 0.05) is 42.8 Å². The van der Waals surface area contributed by atoms with Crippen LogP contribution in [0.2, 0.25) is 0 Å². The van der Waals surface area contributed by atoms with E-state index in [9.17, 15) is 4.79 Å². The lowest BCUT2D eigenvalue weighted by Crippen LogP contribution is -2.27. The van der Waals surface area contributed by atoms with E-state index in [0.717, 1.165) is 28.1 Å². The molecule has 0 spiro atoms. The first-order valence-corrected chi connectivity index (χ1v) is 9.60. The average Bonchev–Trinajstić information content (AvgIpc) is 3.20. The van der Waals surface area contributed by atoms with Gasteiger partial charge in [0.1, 0.15) is 5.75 Å². The number of hydrogen-bond acceptors (Lipinski definition) is 6. The molecule has 1 amide bonds. The van der Waals surface area contributed by atoms with Crippen molar-refractivity contribution in [1.82, 2.24) is 20.1 Å². The highest BCUT2D eigenvalue weighted by Gasteiger charge is 2.15. The van der Waals surface area contributed by atoms with Crippen molar-refractivity contribution in [2.75, 3.05) is 14.2 Å². The number of nitrogens with zero attached hydrogens (tertiary/aromatic N) is 4. The molecule has 0 aliphatic rings. The monoisotopic (exact) mass is 394 g/mol. The second-order valence-electron chi connectivity index (χ2n) is 7.02. The summed E-state index contributed by atoms with van der Waals surface area (Å²) in [7, 11) is 3.44. The number of aryl methyl sites for hydroxylation is 2. The Morgan fingerprint density at radius 3 is 2.66 bits per heavy atom. The van der Waals surface area contributed by atoms with Crippen molar-refractivity contribution in [3.05, 3.63) is 59.2 Å². The minimum absolute atomic E-state index is 0.0496. The lowest BCUT2D eigenvalue weighted by molar-refractivity contribution is -0.130. The number of pyridine rings is 1. The molecule has 0 radical (unpaired) electrons. The Bertz CT molecular complexity index is 969. The number of carbonyl (C=O) groups is 1. The topological polar surface area (TPSA) is 81.4 Å². The van der Waals surface area contributed by atoms with Crippen LogP contribution in [0, 0.1) is 13.8 Å². The lowest BCUT2D eigenvalue weighted by Gasteiger charge is -2.19. The average molecular weight is 394 g/mol. The smallest absolute Gasteiger partial charge is 0.247 e. The molecule has 0 unspecified atom stereocenters. The standard InChI is InChI=1S/C22H26N4O3/c1-15-13-23-18(16(2)21(15)28-4)14-26(3)20(27)12-8-11-19-24-25-22(29-19)17-9-6-5-7-10-17/h5-7,9-10,13H,8,11-12,14H2,1-4H3. The van der Waals surface area contributed by atoms with Gasteiger partial charge in [0.15, 0.2) is 0 Å². The minimum Gasteiger partial charge on any atom is -0.496 e. The van der Waals surface area contributed by atoms with Crippen LogP contribution in [0.1, 0.15) is 35.6 Å². The molecule has 0 aliphatic carbocycles. The number of hydrogen-bond donors (Lipinski definition) is 0. The van der Waals surface area contributed by atoms with Gasteiger partial charge >= 0.3 is 0 Å². The molecular formula is C22H26N4O3. The van der Waals surface area contributed by atoms with Gasteiger partial charge in [0.05, 0.1) is 19.3 Å². The van der Waals surface area contributed by atoms with Crippen LogP contribution in [0.15, 0.2) is 40.9 Å². The molecule has 0 saturated heterocycles. The van der Waals surface area contributed by atoms with Crippen molar-refractivity contribution in [3.8, 4) is 17.2 Å². The summed E-state index contributed by atoms with van der Waals surface area (Å²) in [6.07, 6.45) is 3.39. The molecule has 0 N–H and O–H groups in total. The highest BCUT2D eigenvalue weighted by Crippen LogP contribution is 2.24. The van der Waals surface area contributed by atoms with Gasteiger partial charge in [-0.15, -0.1) is 10.2 Å². The molecule has 2 aromatic heterocycles. The summed E-state index contributed by atoms with van der Waals surface area (Å²) in [5.41, 5.74) is 3.68. The van der Waals surface area contributed by atoms with Crippen LogP contribution in [0.5, 0.6) is 5.75 Å². The maximum absolute atomic E-state index is 12.5. The van der Waals surface area contributed by atoms with Gasteiger partial charge in [0.25, 0.3) is 0 Å². The van der Waals surface area contributed by atoms with Crippen molar-refractivity contribution >= 4 is 5.91 Å². The third-order valence-corrected chi connectivity index (χ3v) is 4.83. The van der Waals surface area contributed by atoms with E-state index in [1.807, 2.05) is 44.2 Å². The van der Waals surface area contributed by atoms with E-state index in [-0.39, 0.29) is 5.91 Å². The predicted molar refractivity (Wildman–Crippen MR) is 109 cm³/mol. The summed E-state index contributed by atoms with van der Waals surface area (Å²) >= 11 is 0. The van der Waals surface area contributed by atoms with E-state index >= 15 is 0 Å². The highest BCUT2D eigenvalue weighted by molar-refractivity contribution is 5.75. The number of ether oxygens (including phenoxy) is 1. The summed E-state index contributed by atoms with van der Waals surface area (Å²) in [4.78, 5) is 18.6. The van der Waals surface area contributed by atoms with Gasteiger partial charge in [-0.25, -0.2) is 0 Å². The maximum Gasteiger partial charge on any atom is 0.247 e. The van der Waals surface area contributed by atoms with Crippen LogP contribution in [0.3, 0.4) is 0 Å². The van der Waals surface area contributed by atoms with Gasteiger partial charge < -0.3 is 14.1 Å². The van der Waals surface area contributed by atoms with Crippen molar-refractivity contribution < 1.29 is 13.9 Å². The second-order valence-corrected chi connectivity index (χ2v) is 7.02. The molecule has 1 aromatic carbocycles. The number of amides is 1. The zero-order chi connectivity index (χ0) is 20.8. The molecule has 0 atom stereocenters. The lowest BCUT2D eigenvalue weighted by atomic mass is 10.1. The van der Waals surface area contributed by atoms with Gasteiger partial charge in [-0.3, -0.25) is 9.78 Å². The molecular weight excluding hydrogens is 368 g/mol. The first-order valence-electron chi connectivity index (χ1n) is 9.60. The van der Waals surface area contributed by atoms with Crippen LogP contribution in [-0.2, 0) is 17.8 Å². The fraction of sp³-hybridized carbons (Fsp3) is 0.364. The summed E-state index contributed by atoms with van der Waals surface area (Å²) < 4.78 is 11.1. The Labute approximate surface area is 170 Å². The van der Waals surface area contributed by atoms with Crippen molar-refractivity contribution in [2.24, 2.45) is 0 Å². The molecule has 0 aliphatic heterocycles. The van der Waals surface area contributed by atoms with Crippen LogP contribution in [0.25, 0.3) is 11.5 Å². The van der Waals surface area contributed by atoms with Gasteiger partial charge in [-0.1, -0.05) is 18.2 Å². The van der Waals surface area contributed by atoms with E-state index in [2.05, 4.69) is 15.2 Å². The fourth-order valence-electron chi connectivity index (χ4n) is 3.18. The number of rotatable bonds is 8. The van der Waals surface area contributed by atoms with E-state index in [1.165, 1.54) is 0 Å². The molecule has 3 aromatic rings.